The Hall–Kier alpha value is -3.45. The first-order valence-corrected chi connectivity index (χ1v) is 7.60. The van der Waals surface area contributed by atoms with Crippen molar-refractivity contribution >= 4 is 39.3 Å². The average Bonchev–Trinajstić information content (AvgIpc) is 2.60. The van der Waals surface area contributed by atoms with Gasteiger partial charge < -0.3 is 22.3 Å². The summed E-state index contributed by atoms with van der Waals surface area (Å²) in [5.74, 6) is 0.478. The van der Waals surface area contributed by atoms with Gasteiger partial charge in [-0.15, -0.1) is 0 Å². The number of nitrogens with zero attached hydrogens (tertiary/aromatic N) is 3. The first-order chi connectivity index (χ1) is 11.7. The van der Waals surface area contributed by atoms with E-state index in [0.29, 0.717) is 23.4 Å². The van der Waals surface area contributed by atoms with Crippen molar-refractivity contribution in [2.45, 2.75) is 6.54 Å². The van der Waals surface area contributed by atoms with Crippen molar-refractivity contribution in [1.29, 1.82) is 0 Å². The Balaban J connectivity index is 0.00000182. The van der Waals surface area contributed by atoms with Crippen LogP contribution in [-0.2, 0) is 6.54 Å². The zero-order valence-corrected chi connectivity index (χ0v) is 13.4. The molecule has 2 heterocycles. The Labute approximate surface area is 144 Å². The van der Waals surface area contributed by atoms with Crippen molar-refractivity contribution in [1.82, 2.24) is 15.0 Å². The Morgan fingerprint density at radius 2 is 1.72 bits per heavy atom. The lowest BCUT2D eigenvalue weighted by molar-refractivity contribution is 0.824. The Bertz CT molecular complexity index is 1040. The highest BCUT2D eigenvalue weighted by molar-refractivity contribution is 5.93. The number of benzene rings is 2. The lowest BCUT2D eigenvalue weighted by atomic mass is 10.1. The van der Waals surface area contributed by atoms with Gasteiger partial charge in [0.15, 0.2) is 5.65 Å². The fourth-order valence-electron chi connectivity index (χ4n) is 2.77. The van der Waals surface area contributed by atoms with Crippen LogP contribution in [0.15, 0.2) is 54.7 Å². The molecular formula is C18H18N6O. The van der Waals surface area contributed by atoms with Crippen LogP contribution in [-0.4, -0.2) is 20.4 Å². The van der Waals surface area contributed by atoms with Crippen LogP contribution < -0.4 is 16.8 Å². The van der Waals surface area contributed by atoms with Gasteiger partial charge in [0.05, 0.1) is 5.39 Å². The minimum absolute atomic E-state index is 0. The number of pyridine rings is 1. The lowest BCUT2D eigenvalue weighted by Crippen LogP contribution is -2.04. The molecule has 0 bridgehead atoms. The van der Waals surface area contributed by atoms with Crippen LogP contribution in [0.1, 0.15) is 5.56 Å². The largest absolute Gasteiger partial charge is 0.412 e. The number of aromatic nitrogens is 3. The van der Waals surface area contributed by atoms with Gasteiger partial charge >= 0.3 is 0 Å². The van der Waals surface area contributed by atoms with E-state index in [0.717, 1.165) is 11.3 Å². The molecule has 7 nitrogen and oxygen atoms in total. The molecule has 126 valence electrons. The van der Waals surface area contributed by atoms with Crippen molar-refractivity contribution in [3.8, 4) is 0 Å². The molecule has 0 amide bonds. The second kappa shape index (κ2) is 6.58. The molecule has 0 radical (unpaired) electrons. The highest BCUT2D eigenvalue weighted by Gasteiger charge is 2.06. The van der Waals surface area contributed by atoms with Gasteiger partial charge in [-0.3, -0.25) is 0 Å². The molecule has 0 atom stereocenters. The number of nitrogens with one attached hydrogen (secondary N) is 1. The summed E-state index contributed by atoms with van der Waals surface area (Å²) in [4.78, 5) is 12.4. The molecule has 2 aromatic carbocycles. The zero-order valence-electron chi connectivity index (χ0n) is 13.4. The summed E-state index contributed by atoms with van der Waals surface area (Å²) in [7, 11) is 0. The average molecular weight is 334 g/mol. The molecular weight excluding hydrogens is 316 g/mol. The Morgan fingerprint density at radius 1 is 0.920 bits per heavy atom. The van der Waals surface area contributed by atoms with Gasteiger partial charge in [-0.2, -0.15) is 9.97 Å². The SMILES string of the molecule is Nc1nc(N)c2cc(CNc3cccc4ccccc34)cnc2n1.O. The van der Waals surface area contributed by atoms with Crippen molar-refractivity contribution < 1.29 is 5.48 Å². The molecule has 0 aliphatic rings. The maximum absolute atomic E-state index is 5.92. The topological polar surface area (TPSA) is 134 Å². The molecule has 4 aromatic rings. The maximum Gasteiger partial charge on any atom is 0.224 e. The standard InChI is InChI=1S/C18H16N6.H2O/c19-16-14-8-11(10-22-17(14)24-18(20)23-16)9-21-15-7-3-5-12-4-1-2-6-13(12)15;/h1-8,10,21H,9H2,(H4,19,20,22,23,24);1H2. The minimum Gasteiger partial charge on any atom is -0.412 e. The van der Waals surface area contributed by atoms with E-state index < -0.39 is 0 Å². The van der Waals surface area contributed by atoms with E-state index in [2.05, 4.69) is 44.5 Å². The summed E-state index contributed by atoms with van der Waals surface area (Å²) >= 11 is 0. The van der Waals surface area contributed by atoms with E-state index in [1.807, 2.05) is 24.3 Å². The molecule has 0 aliphatic heterocycles. The molecule has 0 saturated carbocycles. The summed E-state index contributed by atoms with van der Waals surface area (Å²) in [6.07, 6.45) is 1.77. The number of hydrogen-bond donors (Lipinski definition) is 3. The molecule has 0 aliphatic carbocycles. The minimum atomic E-state index is 0. The van der Waals surface area contributed by atoms with Crippen LogP contribution >= 0.6 is 0 Å². The fraction of sp³-hybridized carbons (Fsp3) is 0.0556. The second-order valence-corrected chi connectivity index (χ2v) is 5.56. The van der Waals surface area contributed by atoms with E-state index in [1.54, 1.807) is 6.20 Å². The summed E-state index contributed by atoms with van der Waals surface area (Å²) < 4.78 is 0. The summed E-state index contributed by atoms with van der Waals surface area (Å²) in [6, 6.07) is 16.4. The van der Waals surface area contributed by atoms with Gasteiger partial charge in [0, 0.05) is 23.8 Å². The summed E-state index contributed by atoms with van der Waals surface area (Å²) in [5.41, 5.74) is 14.1. The number of anilines is 3. The number of rotatable bonds is 3. The highest BCUT2D eigenvalue weighted by Crippen LogP contribution is 2.24. The normalized spacial score (nSPS) is 10.6. The number of hydrogen-bond acceptors (Lipinski definition) is 6. The third kappa shape index (κ3) is 3.13. The van der Waals surface area contributed by atoms with E-state index in [9.17, 15) is 0 Å². The van der Waals surface area contributed by atoms with E-state index in [4.69, 9.17) is 11.5 Å². The second-order valence-electron chi connectivity index (χ2n) is 5.56. The van der Waals surface area contributed by atoms with Crippen molar-refractivity contribution in [3.63, 3.8) is 0 Å². The molecule has 0 fully saturated rings. The third-order valence-corrected chi connectivity index (χ3v) is 3.93. The van der Waals surface area contributed by atoms with Gasteiger partial charge in [-0.05, 0) is 23.1 Å². The Morgan fingerprint density at radius 3 is 2.60 bits per heavy atom. The predicted molar refractivity (Wildman–Crippen MR) is 101 cm³/mol. The van der Waals surface area contributed by atoms with Crippen LogP contribution in [0.25, 0.3) is 21.8 Å². The molecule has 0 saturated heterocycles. The molecule has 2 aromatic heterocycles. The molecule has 4 rings (SSSR count). The monoisotopic (exact) mass is 334 g/mol. The molecule has 0 spiro atoms. The number of fused-ring (bicyclic) bond motifs is 2. The quantitative estimate of drug-likeness (QED) is 0.525. The first kappa shape index (κ1) is 16.4. The number of nitrogens with two attached hydrogens (primary N) is 2. The van der Waals surface area contributed by atoms with E-state index in [-0.39, 0.29) is 11.4 Å². The lowest BCUT2D eigenvalue weighted by Gasteiger charge is -2.10. The van der Waals surface area contributed by atoms with Gasteiger partial charge in [-0.25, -0.2) is 4.98 Å². The van der Waals surface area contributed by atoms with Crippen LogP contribution in [0.4, 0.5) is 17.5 Å². The molecule has 25 heavy (non-hydrogen) atoms. The van der Waals surface area contributed by atoms with Crippen molar-refractivity contribution in [2.75, 3.05) is 16.8 Å². The van der Waals surface area contributed by atoms with Gasteiger partial charge in [0.25, 0.3) is 0 Å². The van der Waals surface area contributed by atoms with E-state index in [1.165, 1.54) is 10.8 Å². The van der Waals surface area contributed by atoms with Gasteiger partial charge in [-0.1, -0.05) is 36.4 Å². The maximum atomic E-state index is 5.92. The van der Waals surface area contributed by atoms with Crippen LogP contribution in [0, 0.1) is 0 Å². The third-order valence-electron chi connectivity index (χ3n) is 3.93. The molecule has 0 unspecified atom stereocenters. The predicted octanol–water partition coefficient (Wildman–Crippen LogP) is 2.13. The summed E-state index contributed by atoms with van der Waals surface area (Å²) in [5, 5.41) is 6.55. The zero-order chi connectivity index (χ0) is 16.5. The van der Waals surface area contributed by atoms with Crippen LogP contribution in [0.2, 0.25) is 0 Å². The van der Waals surface area contributed by atoms with Crippen LogP contribution in [0.3, 0.4) is 0 Å². The molecule has 7 N–H and O–H groups in total. The summed E-state index contributed by atoms with van der Waals surface area (Å²) in [6.45, 7) is 0.626. The van der Waals surface area contributed by atoms with E-state index >= 15 is 0 Å². The van der Waals surface area contributed by atoms with Gasteiger partial charge in [0.1, 0.15) is 5.82 Å². The first-order valence-electron chi connectivity index (χ1n) is 7.60. The fourth-order valence-corrected chi connectivity index (χ4v) is 2.77. The van der Waals surface area contributed by atoms with Crippen molar-refractivity contribution in [2.24, 2.45) is 0 Å². The van der Waals surface area contributed by atoms with Crippen LogP contribution in [0.5, 0.6) is 0 Å². The highest BCUT2D eigenvalue weighted by atomic mass is 16.0. The van der Waals surface area contributed by atoms with Crippen molar-refractivity contribution in [3.05, 3.63) is 60.3 Å². The number of nitrogen functional groups attached to an aromatic ring is 2. The Kier molecular flexibility index (Phi) is 4.32. The van der Waals surface area contributed by atoms with Gasteiger partial charge in [0.2, 0.25) is 5.95 Å². The molecule has 7 heteroatoms. The smallest absolute Gasteiger partial charge is 0.224 e.